The number of aliphatic imine (C=N–C) groups is 1. The Balaban J connectivity index is 1.11. The van der Waals surface area contributed by atoms with Crippen LogP contribution in [0.3, 0.4) is 0 Å². The van der Waals surface area contributed by atoms with Gasteiger partial charge in [-0.1, -0.05) is 6.08 Å². The quantitative estimate of drug-likeness (QED) is 0.592. The van der Waals surface area contributed by atoms with Gasteiger partial charge in [-0.3, -0.25) is 24.1 Å². The molecule has 2 unspecified atom stereocenters. The lowest BCUT2D eigenvalue weighted by Gasteiger charge is -2.33. The fourth-order valence-electron chi connectivity index (χ4n) is 5.81. The van der Waals surface area contributed by atoms with Gasteiger partial charge in [-0.05, 0) is 56.7 Å². The molecule has 1 aliphatic carbocycles. The molecule has 3 amide bonds. The molecule has 2 aromatic rings. The first-order chi connectivity index (χ1) is 17.8. The van der Waals surface area contributed by atoms with Crippen molar-refractivity contribution in [2.45, 2.75) is 45.6 Å². The van der Waals surface area contributed by atoms with Crippen LogP contribution in [0.25, 0.3) is 12.3 Å². The first-order valence-electron chi connectivity index (χ1n) is 12.9. The summed E-state index contributed by atoms with van der Waals surface area (Å²) in [5.74, 6) is 0.537. The van der Waals surface area contributed by atoms with Crippen molar-refractivity contribution >= 4 is 36.7 Å². The number of furan rings is 1. The molecule has 2 aliphatic heterocycles. The number of carbonyl (C=O) groups excluding carboxylic acids is 3. The van der Waals surface area contributed by atoms with Gasteiger partial charge in [0.05, 0.1) is 24.0 Å². The van der Waals surface area contributed by atoms with Gasteiger partial charge in [0.1, 0.15) is 0 Å². The van der Waals surface area contributed by atoms with E-state index in [2.05, 4.69) is 22.1 Å². The summed E-state index contributed by atoms with van der Waals surface area (Å²) in [5.41, 5.74) is 1.32. The van der Waals surface area contributed by atoms with Crippen molar-refractivity contribution in [1.82, 2.24) is 24.9 Å². The smallest absolute Gasteiger partial charge is 0.287 e. The molecule has 2 atom stereocenters. The van der Waals surface area contributed by atoms with Crippen molar-refractivity contribution < 1.29 is 18.8 Å². The van der Waals surface area contributed by atoms with Gasteiger partial charge >= 0.3 is 0 Å². The molecule has 0 radical (unpaired) electrons. The lowest BCUT2D eigenvalue weighted by Crippen LogP contribution is -2.40. The highest BCUT2D eigenvalue weighted by Crippen LogP contribution is 2.59. The second-order valence-electron chi connectivity index (χ2n) is 10.4. The number of nitrogens with one attached hydrogen (secondary N) is 1. The normalized spacial score (nSPS) is 23.5. The van der Waals surface area contributed by atoms with Gasteiger partial charge in [0.25, 0.3) is 11.8 Å². The van der Waals surface area contributed by atoms with E-state index in [-0.39, 0.29) is 34.9 Å². The largest absolute Gasteiger partial charge is 0.449 e. The Bertz CT molecular complexity index is 1330. The monoisotopic (exact) mass is 506 g/mol. The minimum Gasteiger partial charge on any atom is -0.449 e. The molecular formula is C27H34N6O4. The topological polar surface area (TPSA) is 113 Å². The highest BCUT2D eigenvalue weighted by atomic mass is 16.3. The Morgan fingerprint density at radius 1 is 1.27 bits per heavy atom. The van der Waals surface area contributed by atoms with Crippen LogP contribution >= 0.6 is 0 Å². The summed E-state index contributed by atoms with van der Waals surface area (Å²) in [5, 5.41) is 8.25. The van der Waals surface area contributed by atoms with Crippen LogP contribution in [-0.4, -0.2) is 76.7 Å². The van der Waals surface area contributed by atoms with Crippen molar-refractivity contribution in [2.75, 3.05) is 32.7 Å². The molecule has 0 bridgehead atoms. The van der Waals surface area contributed by atoms with E-state index in [4.69, 9.17) is 4.42 Å². The van der Waals surface area contributed by atoms with E-state index in [0.29, 0.717) is 43.1 Å². The summed E-state index contributed by atoms with van der Waals surface area (Å²) in [7, 11) is 0. The van der Waals surface area contributed by atoms with Gasteiger partial charge < -0.3 is 19.5 Å². The zero-order valence-corrected chi connectivity index (χ0v) is 21.5. The summed E-state index contributed by atoms with van der Waals surface area (Å²) in [6.45, 7) is 10.3. The van der Waals surface area contributed by atoms with E-state index in [1.807, 2.05) is 33.7 Å². The minimum atomic E-state index is -0.229. The molecule has 1 saturated carbocycles. The predicted octanol–water partition coefficient (Wildman–Crippen LogP) is 1.18. The Kier molecular flexibility index (Phi) is 6.74. The van der Waals surface area contributed by atoms with Crippen LogP contribution < -0.4 is 16.0 Å². The third-order valence-electron chi connectivity index (χ3n) is 8.28. The molecule has 196 valence electrons. The van der Waals surface area contributed by atoms with Gasteiger partial charge in [-0.15, -0.1) is 0 Å². The maximum atomic E-state index is 13.1. The van der Waals surface area contributed by atoms with Gasteiger partial charge in [0.2, 0.25) is 5.91 Å². The van der Waals surface area contributed by atoms with E-state index in [0.717, 1.165) is 37.4 Å². The third kappa shape index (κ3) is 4.97. The van der Waals surface area contributed by atoms with Crippen molar-refractivity contribution in [3.8, 4) is 0 Å². The van der Waals surface area contributed by atoms with E-state index in [1.54, 1.807) is 19.2 Å². The molecule has 2 aromatic heterocycles. The van der Waals surface area contributed by atoms with Crippen LogP contribution in [-0.2, 0) is 4.79 Å². The molecule has 5 rings (SSSR count). The number of nitrogens with zero attached hydrogens (tertiary/aromatic N) is 5. The molecule has 2 saturated heterocycles. The lowest BCUT2D eigenvalue weighted by molar-refractivity contribution is -0.127. The fraction of sp³-hybridized carbons (Fsp3) is 0.519. The number of hydrogen-bond acceptors (Lipinski definition) is 6. The van der Waals surface area contributed by atoms with E-state index >= 15 is 0 Å². The second kappa shape index (κ2) is 9.99. The van der Waals surface area contributed by atoms with Crippen LogP contribution in [0.4, 0.5) is 0 Å². The lowest BCUT2D eigenvalue weighted by atomic mass is 9.90. The maximum absolute atomic E-state index is 13.1. The number of amides is 3. The zero-order valence-electron chi connectivity index (χ0n) is 21.5. The molecular weight excluding hydrogens is 472 g/mol. The van der Waals surface area contributed by atoms with Gasteiger partial charge in [-0.25, -0.2) is 0 Å². The molecule has 1 N–H and O–H groups in total. The van der Waals surface area contributed by atoms with Crippen LogP contribution in [0.2, 0.25) is 0 Å². The summed E-state index contributed by atoms with van der Waals surface area (Å²) in [4.78, 5) is 44.8. The number of carbonyl (C=O) groups is 3. The zero-order chi connectivity index (χ0) is 26.2. The summed E-state index contributed by atoms with van der Waals surface area (Å²) >= 11 is 0. The van der Waals surface area contributed by atoms with E-state index in [9.17, 15) is 14.4 Å². The standard InChI is InChI=1S/C27H34N6O4/c1-4-19-11-23(37-24(19)15-28-3)25(35)29-14-21-12-27(21)6-9-31(10-7-27)26(36)20-13-30-33(16-20)22-5-8-32(17-22)18(2)34/h4,11,13,15-16,21-22H,3,5-10,12,14,17H2,1-2H3,(H,29,35). The fourth-order valence-corrected chi connectivity index (χ4v) is 5.81. The average Bonchev–Trinajstić information content (AvgIpc) is 3.38. The maximum Gasteiger partial charge on any atom is 0.287 e. The number of hydrogen-bond donors (Lipinski definition) is 1. The van der Waals surface area contributed by atoms with Crippen molar-refractivity contribution in [3.63, 3.8) is 0 Å². The number of aromatic nitrogens is 2. The Morgan fingerprint density at radius 2 is 2.05 bits per heavy atom. The van der Waals surface area contributed by atoms with Crippen molar-refractivity contribution in [2.24, 2.45) is 16.3 Å². The second-order valence-corrected chi connectivity index (χ2v) is 10.4. The summed E-state index contributed by atoms with van der Waals surface area (Å²) in [6.07, 6.45) is 10.6. The van der Waals surface area contributed by atoms with Crippen LogP contribution in [0.5, 0.6) is 0 Å². The SMILES string of the molecule is C=NC=c1oc(C(=O)NCC2CC23CCN(C(=O)c2cnn(C4CCN(C(C)=O)C4)c2)CC3)cc1=CC. The average molecular weight is 507 g/mol. The van der Waals surface area contributed by atoms with E-state index < -0.39 is 0 Å². The highest BCUT2D eigenvalue weighted by Gasteiger charge is 2.54. The van der Waals surface area contributed by atoms with Crippen LogP contribution in [0, 0.1) is 11.3 Å². The highest BCUT2D eigenvalue weighted by molar-refractivity contribution is 5.94. The minimum absolute atomic E-state index is 0.0102. The molecule has 1 spiro atoms. The Hall–Kier alpha value is -3.69. The molecule has 0 aromatic carbocycles. The Morgan fingerprint density at radius 3 is 2.73 bits per heavy atom. The van der Waals surface area contributed by atoms with Crippen LogP contribution in [0.1, 0.15) is 66.5 Å². The van der Waals surface area contributed by atoms with Crippen molar-refractivity contribution in [3.05, 3.63) is 40.4 Å². The van der Waals surface area contributed by atoms with Gasteiger partial charge in [0.15, 0.2) is 11.2 Å². The Labute approximate surface area is 215 Å². The van der Waals surface area contributed by atoms with E-state index in [1.165, 1.54) is 6.20 Å². The molecule has 10 heteroatoms. The van der Waals surface area contributed by atoms with Gasteiger partial charge in [0, 0.05) is 51.1 Å². The summed E-state index contributed by atoms with van der Waals surface area (Å²) in [6, 6.07) is 1.83. The first-order valence-corrected chi connectivity index (χ1v) is 12.9. The third-order valence-corrected chi connectivity index (χ3v) is 8.28. The number of piperidine rings is 1. The predicted molar refractivity (Wildman–Crippen MR) is 138 cm³/mol. The number of likely N-dealkylation sites (tertiary alicyclic amines) is 2. The van der Waals surface area contributed by atoms with Crippen molar-refractivity contribution in [1.29, 1.82) is 0 Å². The molecule has 4 heterocycles. The molecule has 3 aliphatic rings. The first kappa shape index (κ1) is 25.0. The molecule has 3 fully saturated rings. The van der Waals surface area contributed by atoms with Gasteiger partial charge in [-0.2, -0.15) is 5.10 Å². The summed E-state index contributed by atoms with van der Waals surface area (Å²) < 4.78 is 7.46. The van der Waals surface area contributed by atoms with Crippen LogP contribution in [0.15, 0.2) is 27.9 Å². The molecule has 37 heavy (non-hydrogen) atoms. The number of rotatable bonds is 6. The molecule has 10 nitrogen and oxygen atoms in total.